The molecule has 1 aromatic heterocycles. The molecule has 0 radical (unpaired) electrons. The summed E-state index contributed by atoms with van der Waals surface area (Å²) in [5, 5.41) is 0. The van der Waals surface area contributed by atoms with Gasteiger partial charge in [-0.3, -0.25) is 0 Å². The molecule has 0 saturated carbocycles. The van der Waals surface area contributed by atoms with Crippen molar-refractivity contribution < 1.29 is 65.8 Å². The standard InChI is InChI=1S/C4H4O2.3ClH.Ti/c5-4-2-1-3-6-4;;;;/h1-3,5H;3*1H;/q;;;;+4/p-4. The van der Waals surface area contributed by atoms with E-state index >= 15 is 0 Å². The minimum absolute atomic E-state index is 0. The topological polar surface area (TPSA) is 22.4 Å². The van der Waals surface area contributed by atoms with Gasteiger partial charge in [0.2, 0.25) is 0 Å². The molecular weight excluding hydrogens is 234 g/mol. The van der Waals surface area contributed by atoms with Crippen LogP contribution in [-0.4, -0.2) is 0 Å². The Hall–Kier alpha value is 0.664. The molecular formula is C4H3Cl3O2Ti. The molecule has 0 atom stereocenters. The number of halogens is 3. The first kappa shape index (κ1) is 17.0. The van der Waals surface area contributed by atoms with Gasteiger partial charge in [0.25, 0.3) is 0 Å². The van der Waals surface area contributed by atoms with Gasteiger partial charge in [-0.2, -0.15) is 0 Å². The Bertz CT molecular complexity index is 133. The average Bonchev–Trinajstić information content (AvgIpc) is 2.14. The van der Waals surface area contributed by atoms with Gasteiger partial charge >= 0.3 is 52.9 Å². The number of rotatable bonds is 1. The van der Waals surface area contributed by atoms with E-state index in [1.165, 1.54) is 0 Å². The van der Waals surface area contributed by atoms with Crippen LogP contribution < -0.4 is 40.5 Å². The first-order chi connectivity index (χ1) is 3.43. The Balaban J connectivity index is -0.000000163. The van der Waals surface area contributed by atoms with E-state index < -0.39 is 0 Å². The molecule has 56 valence electrons. The Morgan fingerprint density at radius 2 is 1.90 bits per heavy atom. The normalized spacial score (nSPS) is 6.20. The summed E-state index contributed by atoms with van der Waals surface area (Å²) >= 11 is 1.57. The molecule has 0 spiro atoms. The second-order valence-corrected chi connectivity index (χ2v) is 1.35. The van der Waals surface area contributed by atoms with E-state index in [1.807, 2.05) is 0 Å². The fourth-order valence-electron chi connectivity index (χ4n) is 0.322. The fourth-order valence-corrected chi connectivity index (χ4v) is 0.503. The van der Waals surface area contributed by atoms with Crippen LogP contribution in [0.1, 0.15) is 0 Å². The molecule has 2 nitrogen and oxygen atoms in total. The summed E-state index contributed by atoms with van der Waals surface area (Å²) in [6.07, 6.45) is 1.57. The van der Waals surface area contributed by atoms with Crippen LogP contribution in [-0.2, 0) is 20.8 Å². The van der Waals surface area contributed by atoms with Gasteiger partial charge < -0.3 is 37.2 Å². The van der Waals surface area contributed by atoms with Gasteiger partial charge in [0.15, 0.2) is 0 Å². The summed E-state index contributed by atoms with van der Waals surface area (Å²) in [5.74, 6) is 0.556. The van der Waals surface area contributed by atoms with Gasteiger partial charge in [0.05, 0.1) is 0 Å². The summed E-state index contributed by atoms with van der Waals surface area (Å²) in [6, 6.07) is 3.53. The van der Waals surface area contributed by atoms with Crippen LogP contribution in [0.3, 0.4) is 0 Å². The van der Waals surface area contributed by atoms with Crippen molar-refractivity contribution in [3.8, 4) is 5.95 Å². The third kappa shape index (κ3) is 5.45. The first-order valence-electron chi connectivity index (χ1n) is 1.80. The van der Waals surface area contributed by atoms with Crippen molar-refractivity contribution in [3.63, 3.8) is 0 Å². The minimum atomic E-state index is 0. The van der Waals surface area contributed by atoms with Gasteiger partial charge in [0.1, 0.15) is 0 Å². The second-order valence-electron chi connectivity index (χ2n) is 1.03. The number of furan rings is 1. The van der Waals surface area contributed by atoms with Gasteiger partial charge in [-0.1, -0.05) is 0 Å². The molecule has 0 aromatic carbocycles. The third-order valence-corrected chi connectivity index (χ3v) is 0.910. The van der Waals surface area contributed by atoms with Crippen molar-refractivity contribution in [2.45, 2.75) is 0 Å². The van der Waals surface area contributed by atoms with Crippen LogP contribution in [0.15, 0.2) is 22.8 Å². The zero-order valence-electron chi connectivity index (χ0n) is 4.68. The van der Waals surface area contributed by atoms with Crippen molar-refractivity contribution in [1.82, 2.24) is 0 Å². The number of hydrogen-bond donors (Lipinski definition) is 0. The van der Waals surface area contributed by atoms with E-state index in [0.29, 0.717) is 5.95 Å². The monoisotopic (exact) mass is 236 g/mol. The van der Waals surface area contributed by atoms with E-state index in [1.54, 1.807) is 39.2 Å². The Labute approximate surface area is 89.8 Å². The fraction of sp³-hybridized carbons (Fsp3) is 0. The molecule has 0 aliphatic heterocycles. The van der Waals surface area contributed by atoms with Crippen molar-refractivity contribution in [3.05, 3.63) is 18.4 Å². The Morgan fingerprint density at radius 3 is 2.10 bits per heavy atom. The third-order valence-electron chi connectivity index (χ3n) is 0.596. The molecule has 0 fully saturated rings. The average molecular weight is 237 g/mol. The van der Waals surface area contributed by atoms with E-state index in [0.717, 1.165) is 0 Å². The maximum absolute atomic E-state index is 4.76. The van der Waals surface area contributed by atoms with E-state index in [-0.39, 0.29) is 37.2 Å². The summed E-state index contributed by atoms with van der Waals surface area (Å²) in [6.45, 7) is 0. The van der Waals surface area contributed by atoms with Gasteiger partial charge in [0, 0.05) is 0 Å². The molecule has 10 heavy (non-hydrogen) atoms. The second kappa shape index (κ2) is 9.66. The molecule has 0 bridgehead atoms. The van der Waals surface area contributed by atoms with E-state index in [9.17, 15) is 0 Å². The van der Waals surface area contributed by atoms with Gasteiger partial charge in [-0.25, -0.2) is 0 Å². The van der Waals surface area contributed by atoms with Crippen LogP contribution in [0.2, 0.25) is 0 Å². The van der Waals surface area contributed by atoms with Crippen LogP contribution in [0.4, 0.5) is 0 Å². The summed E-state index contributed by atoms with van der Waals surface area (Å²) in [7, 11) is 0. The molecule has 0 saturated heterocycles. The van der Waals surface area contributed by atoms with Crippen LogP contribution in [0, 0.1) is 0 Å². The van der Waals surface area contributed by atoms with Crippen LogP contribution in [0.25, 0.3) is 0 Å². The molecule has 1 heterocycles. The molecule has 0 amide bonds. The van der Waals surface area contributed by atoms with Crippen molar-refractivity contribution >= 4 is 0 Å². The van der Waals surface area contributed by atoms with Gasteiger partial charge in [-0.05, 0) is 0 Å². The molecule has 1 aromatic rings. The van der Waals surface area contributed by atoms with Crippen LogP contribution in [0.5, 0.6) is 5.95 Å². The summed E-state index contributed by atoms with van der Waals surface area (Å²) < 4.78 is 9.45. The van der Waals surface area contributed by atoms with E-state index in [2.05, 4.69) is 3.32 Å². The maximum atomic E-state index is 4.76. The van der Waals surface area contributed by atoms with Gasteiger partial charge in [-0.15, -0.1) is 0 Å². The Morgan fingerprint density at radius 1 is 1.30 bits per heavy atom. The molecule has 0 N–H and O–H groups in total. The van der Waals surface area contributed by atoms with Crippen LogP contribution >= 0.6 is 0 Å². The zero-order chi connectivity index (χ0) is 5.11. The quantitative estimate of drug-likeness (QED) is 0.453. The molecule has 0 aliphatic rings. The predicted molar refractivity (Wildman–Crippen MR) is 19.3 cm³/mol. The summed E-state index contributed by atoms with van der Waals surface area (Å²) in [5.41, 5.74) is 0. The predicted octanol–water partition coefficient (Wildman–Crippen LogP) is -7.87. The van der Waals surface area contributed by atoms with Crippen molar-refractivity contribution in [2.24, 2.45) is 0 Å². The molecule has 0 unspecified atom stereocenters. The van der Waals surface area contributed by atoms with E-state index in [4.69, 9.17) is 4.42 Å². The SMILES string of the molecule is [Cl-].[Cl-].[Cl-].[Ti+3][O]c1ccco1. The summed E-state index contributed by atoms with van der Waals surface area (Å²) in [4.78, 5) is 0. The molecule has 1 rings (SSSR count). The number of hydrogen-bond acceptors (Lipinski definition) is 2. The Kier molecular flexibility index (Phi) is 16.4. The van der Waals surface area contributed by atoms with Crippen molar-refractivity contribution in [2.75, 3.05) is 0 Å². The molecule has 6 heteroatoms. The van der Waals surface area contributed by atoms with Crippen molar-refractivity contribution in [1.29, 1.82) is 0 Å². The first-order valence-corrected chi connectivity index (χ1v) is 2.44. The zero-order valence-corrected chi connectivity index (χ0v) is 8.51. The molecule has 0 aliphatic carbocycles.